The predicted octanol–water partition coefficient (Wildman–Crippen LogP) is -0.835. The molecule has 13 heteroatoms. The van der Waals surface area contributed by atoms with E-state index in [1.54, 1.807) is 6.07 Å². The van der Waals surface area contributed by atoms with Gasteiger partial charge in [-0.15, -0.1) is 0 Å². The summed E-state index contributed by atoms with van der Waals surface area (Å²) < 4.78 is 43.3. The van der Waals surface area contributed by atoms with Crippen LogP contribution in [0.4, 0.5) is 0 Å². The largest absolute Gasteiger partial charge is 1.00 e. The third kappa shape index (κ3) is 75.8. The molecule has 0 radical (unpaired) electrons. The van der Waals surface area contributed by atoms with Gasteiger partial charge in [-0.25, -0.2) is 13.0 Å². The zero-order valence-corrected chi connectivity index (χ0v) is 20.2. The van der Waals surface area contributed by atoms with Crippen LogP contribution in [0, 0.1) is 11.3 Å². The van der Waals surface area contributed by atoms with Gasteiger partial charge in [0.1, 0.15) is 0 Å². The van der Waals surface area contributed by atoms with Gasteiger partial charge in [0.15, 0.2) is 0 Å². The van der Waals surface area contributed by atoms with E-state index in [1.165, 1.54) is 51.9 Å². The van der Waals surface area contributed by atoms with Gasteiger partial charge in [-0.05, 0) is 6.42 Å². The van der Waals surface area contributed by atoms with Crippen molar-refractivity contribution in [2.75, 3.05) is 6.61 Å². The van der Waals surface area contributed by atoms with Crippen LogP contribution in [0.25, 0.3) is 0 Å². The Labute approximate surface area is 185 Å². The van der Waals surface area contributed by atoms with Gasteiger partial charge in [0.05, 0.1) is 12.7 Å². The number of hydrogen-bond donors (Lipinski definition) is 3. The molecule has 0 aromatic carbocycles. The summed E-state index contributed by atoms with van der Waals surface area (Å²) in [5.41, 5.74) is 0. The summed E-state index contributed by atoms with van der Waals surface area (Å²) in [5.74, 6) is 0. The molecule has 0 rings (SSSR count). The second kappa shape index (κ2) is 26.4. The summed E-state index contributed by atoms with van der Waals surface area (Å²) >= 11 is 0. The zero-order valence-electron chi connectivity index (χ0n) is 16.5. The number of phosphoric acid groups is 1. The zero-order chi connectivity index (χ0) is 20.2. The fourth-order valence-electron chi connectivity index (χ4n) is 1.75. The molecule has 0 aliphatic carbocycles. The van der Waals surface area contributed by atoms with Crippen molar-refractivity contribution in [2.24, 2.45) is 0 Å². The van der Waals surface area contributed by atoms with E-state index in [4.69, 9.17) is 24.5 Å². The Bertz CT molecular complexity index is 457. The maximum absolute atomic E-state index is 10.1. The minimum Gasteiger partial charge on any atom is -0.726 e. The molecule has 0 atom stereocenters. The number of nitrogens with zero attached hydrogens (tertiary/aromatic N) is 1. The normalized spacial score (nSPS) is 9.96. The van der Waals surface area contributed by atoms with Gasteiger partial charge in [-0.3, -0.25) is 4.18 Å². The van der Waals surface area contributed by atoms with Crippen molar-refractivity contribution >= 4 is 18.2 Å². The molecule has 160 valence electrons. The molecule has 0 fully saturated rings. The monoisotopic (exact) mass is 445 g/mol. The smallest absolute Gasteiger partial charge is 0.726 e. The van der Waals surface area contributed by atoms with Crippen LogP contribution in [0.15, 0.2) is 0 Å². The van der Waals surface area contributed by atoms with Gasteiger partial charge in [0.2, 0.25) is 10.4 Å². The van der Waals surface area contributed by atoms with Crippen molar-refractivity contribution < 1.29 is 71.4 Å². The van der Waals surface area contributed by atoms with Crippen LogP contribution in [-0.2, 0) is 19.1 Å². The Hall–Kier alpha value is 0.430. The second-order valence-electron chi connectivity index (χ2n) is 5.15. The third-order valence-corrected chi connectivity index (χ3v) is 3.18. The van der Waals surface area contributed by atoms with Crippen molar-refractivity contribution in [1.82, 2.24) is 0 Å². The molecule has 27 heavy (non-hydrogen) atoms. The van der Waals surface area contributed by atoms with Crippen LogP contribution in [0.1, 0.15) is 78.1 Å². The Morgan fingerprint density at radius 1 is 0.963 bits per heavy atom. The minimum atomic E-state index is -4.64. The molecule has 0 aliphatic rings. The molecule has 0 unspecified atom stereocenters. The van der Waals surface area contributed by atoms with Crippen molar-refractivity contribution in [3.05, 3.63) is 0 Å². The van der Waals surface area contributed by atoms with E-state index in [0.29, 0.717) is 6.42 Å². The average Bonchev–Trinajstić information content (AvgIpc) is 2.43. The van der Waals surface area contributed by atoms with Crippen molar-refractivity contribution in [1.29, 1.82) is 5.26 Å². The van der Waals surface area contributed by atoms with Crippen LogP contribution in [0.5, 0.6) is 0 Å². The van der Waals surface area contributed by atoms with Gasteiger partial charge in [-0.1, -0.05) is 64.7 Å². The van der Waals surface area contributed by atoms with E-state index in [9.17, 15) is 13.0 Å². The van der Waals surface area contributed by atoms with E-state index in [1.807, 2.05) is 0 Å². The van der Waals surface area contributed by atoms with Crippen LogP contribution in [-0.4, -0.2) is 39.7 Å². The van der Waals surface area contributed by atoms with Gasteiger partial charge < -0.3 is 24.7 Å². The van der Waals surface area contributed by atoms with Crippen molar-refractivity contribution in [3.63, 3.8) is 0 Å². The maximum Gasteiger partial charge on any atom is 1.00 e. The van der Waals surface area contributed by atoms with E-state index >= 15 is 0 Å². The van der Waals surface area contributed by atoms with E-state index in [2.05, 4.69) is 11.1 Å². The molecule has 0 aliphatic heterocycles. The summed E-state index contributed by atoms with van der Waals surface area (Å²) in [6.07, 6.45) is 11.7. The van der Waals surface area contributed by atoms with Crippen LogP contribution in [0.2, 0.25) is 0 Å². The van der Waals surface area contributed by atoms with Crippen molar-refractivity contribution in [3.8, 4) is 6.07 Å². The maximum atomic E-state index is 10.1. The molecular weight excluding hydrogens is 412 g/mol. The Kier molecular flexibility index (Phi) is 37.3. The Morgan fingerprint density at radius 2 is 1.22 bits per heavy atom. The third-order valence-electron chi connectivity index (χ3n) is 2.73. The first-order chi connectivity index (χ1) is 11.5. The fourth-order valence-corrected chi connectivity index (χ4v) is 2.07. The molecule has 0 heterocycles. The van der Waals surface area contributed by atoms with Crippen LogP contribution >= 0.6 is 7.82 Å². The fraction of sp³-hybridized carbons (Fsp3) is 0.929. The molecule has 0 saturated heterocycles. The molecule has 0 bridgehead atoms. The van der Waals surface area contributed by atoms with E-state index < -0.39 is 18.2 Å². The average molecular weight is 445 g/mol. The Morgan fingerprint density at radius 3 is 1.48 bits per heavy atom. The van der Waals surface area contributed by atoms with Gasteiger partial charge in [0.25, 0.3) is 0 Å². The molecule has 0 saturated carbocycles. The SMILES string of the molecule is CC#N.CCCCCCCCCCCCOS(=O)(=O)[O-].O.O=P(O)(O)O.[Na+]. The summed E-state index contributed by atoms with van der Waals surface area (Å²) in [7, 11) is -9.12. The molecule has 10 nitrogen and oxygen atoms in total. The quantitative estimate of drug-likeness (QED) is 0.113. The second-order valence-corrected chi connectivity index (χ2v) is 7.23. The van der Waals surface area contributed by atoms with Crippen LogP contribution in [0.3, 0.4) is 0 Å². The molecule has 0 aromatic rings. The minimum absolute atomic E-state index is 0. The van der Waals surface area contributed by atoms with Gasteiger partial charge >= 0.3 is 37.4 Å². The Balaban J connectivity index is -0.000000137. The van der Waals surface area contributed by atoms with E-state index in [0.717, 1.165) is 12.8 Å². The number of unbranched alkanes of at least 4 members (excludes halogenated alkanes) is 9. The summed E-state index contributed by atoms with van der Waals surface area (Å²) in [6.45, 7) is 3.67. The molecule has 0 spiro atoms. The molecule has 0 amide bonds. The summed E-state index contributed by atoms with van der Waals surface area (Å²) in [6, 6.07) is 1.75. The first-order valence-electron chi connectivity index (χ1n) is 8.17. The molecule has 5 N–H and O–H groups in total. The first kappa shape index (κ1) is 38.1. The van der Waals surface area contributed by atoms with Crippen LogP contribution < -0.4 is 29.6 Å². The number of hydrogen-bond acceptors (Lipinski definition) is 6. The topological polar surface area (TPSA) is 199 Å². The van der Waals surface area contributed by atoms with Gasteiger partial charge in [-0.2, -0.15) is 5.26 Å². The van der Waals surface area contributed by atoms with E-state index in [-0.39, 0.29) is 41.6 Å². The first-order valence-corrected chi connectivity index (χ1v) is 11.1. The molecular formula is C14H33NNaO9PS. The van der Waals surface area contributed by atoms with Gasteiger partial charge in [0, 0.05) is 6.92 Å². The number of rotatable bonds is 12. The summed E-state index contributed by atoms with van der Waals surface area (Å²) in [5, 5.41) is 7.32. The molecule has 0 aromatic heterocycles. The predicted molar refractivity (Wildman–Crippen MR) is 96.7 cm³/mol. The van der Waals surface area contributed by atoms with Crippen molar-refractivity contribution in [2.45, 2.75) is 78.1 Å². The standard InChI is InChI=1S/C12H26O4S.C2H3N.Na.H3O4P.H2O/c1-2-3-4-5-6-7-8-9-10-11-12-16-17(13,14)15;1-2-3;;1-5(2,3)4;/h2-12H2,1H3,(H,13,14,15);1H3;;(H3,1,2,3,4);1H2/q;;+1;;/p-1. The summed E-state index contributed by atoms with van der Waals surface area (Å²) in [4.78, 5) is 21.6. The number of nitriles is 1.